The highest BCUT2D eigenvalue weighted by atomic mass is 35.5. The van der Waals surface area contributed by atoms with Gasteiger partial charge in [0.25, 0.3) is 0 Å². The van der Waals surface area contributed by atoms with Crippen LogP contribution in [0.25, 0.3) is 0 Å². The fraction of sp³-hybridized carbons (Fsp3) is 0.412. The summed E-state index contributed by atoms with van der Waals surface area (Å²) >= 11 is 6.07. The highest BCUT2D eigenvalue weighted by Gasteiger charge is 2.10. The lowest BCUT2D eigenvalue weighted by atomic mass is 10.1. The summed E-state index contributed by atoms with van der Waals surface area (Å²) in [4.78, 5) is 8.78. The molecule has 1 N–H and O–H groups in total. The van der Waals surface area contributed by atoms with E-state index in [1.807, 2.05) is 0 Å². The van der Waals surface area contributed by atoms with Gasteiger partial charge in [-0.15, -0.1) is 0 Å². The zero-order chi connectivity index (χ0) is 15.4. The maximum atomic E-state index is 6.07. The molecule has 0 radical (unpaired) electrons. The number of halogens is 1. The molecule has 2 aromatic rings. The van der Waals surface area contributed by atoms with Crippen molar-refractivity contribution in [3.8, 4) is 0 Å². The van der Waals surface area contributed by atoms with E-state index in [1.54, 1.807) is 6.07 Å². The van der Waals surface area contributed by atoms with Gasteiger partial charge in [-0.25, -0.2) is 9.97 Å². The van der Waals surface area contributed by atoms with Crippen LogP contribution in [0.1, 0.15) is 56.6 Å². The molecule has 0 fully saturated rings. The molecule has 4 heteroatoms. The SMILES string of the molecule is CCc1ccc(C(C)Nc2cc(Cl)nc(C(C)C)n2)cc1. The van der Waals surface area contributed by atoms with Crippen LogP contribution in [0.15, 0.2) is 30.3 Å². The van der Waals surface area contributed by atoms with Gasteiger partial charge in [0.1, 0.15) is 16.8 Å². The Balaban J connectivity index is 2.16. The molecule has 1 heterocycles. The van der Waals surface area contributed by atoms with Gasteiger partial charge in [-0.3, -0.25) is 0 Å². The Labute approximate surface area is 131 Å². The minimum absolute atomic E-state index is 0.168. The van der Waals surface area contributed by atoms with Gasteiger partial charge in [-0.05, 0) is 24.5 Å². The fourth-order valence-corrected chi connectivity index (χ4v) is 2.30. The molecule has 1 atom stereocenters. The Morgan fingerprint density at radius 3 is 2.33 bits per heavy atom. The third-order valence-corrected chi connectivity index (χ3v) is 3.67. The molecule has 112 valence electrons. The van der Waals surface area contributed by atoms with Gasteiger partial charge in [0.05, 0.1) is 0 Å². The number of nitrogens with one attached hydrogen (secondary N) is 1. The number of aromatic nitrogens is 2. The predicted molar refractivity (Wildman–Crippen MR) is 89.0 cm³/mol. The van der Waals surface area contributed by atoms with Crippen molar-refractivity contribution in [2.24, 2.45) is 0 Å². The zero-order valence-electron chi connectivity index (χ0n) is 13.0. The topological polar surface area (TPSA) is 37.8 Å². The van der Waals surface area contributed by atoms with E-state index in [2.05, 4.69) is 67.2 Å². The molecule has 0 amide bonds. The molecule has 1 aromatic heterocycles. The summed E-state index contributed by atoms with van der Waals surface area (Å²) in [7, 11) is 0. The van der Waals surface area contributed by atoms with E-state index in [0.717, 1.165) is 18.1 Å². The second-order valence-corrected chi connectivity index (χ2v) is 5.94. The molecule has 2 rings (SSSR count). The van der Waals surface area contributed by atoms with E-state index in [4.69, 9.17) is 11.6 Å². The molecule has 1 aromatic carbocycles. The number of aryl methyl sites for hydroxylation is 1. The third-order valence-electron chi connectivity index (χ3n) is 3.48. The van der Waals surface area contributed by atoms with Crippen molar-refractivity contribution in [2.75, 3.05) is 5.32 Å². The number of hydrogen-bond donors (Lipinski definition) is 1. The molecule has 0 aliphatic carbocycles. The van der Waals surface area contributed by atoms with Gasteiger partial charge in [0.2, 0.25) is 0 Å². The zero-order valence-corrected chi connectivity index (χ0v) is 13.8. The molecule has 0 aliphatic rings. The molecule has 3 nitrogen and oxygen atoms in total. The first-order valence-electron chi connectivity index (χ1n) is 7.39. The lowest BCUT2D eigenvalue weighted by Gasteiger charge is -2.16. The van der Waals surface area contributed by atoms with Crippen LogP contribution >= 0.6 is 11.6 Å². The summed E-state index contributed by atoms with van der Waals surface area (Å²) in [5, 5.41) is 3.87. The van der Waals surface area contributed by atoms with Crippen molar-refractivity contribution in [3.63, 3.8) is 0 Å². The Bertz CT molecular complexity index is 593. The van der Waals surface area contributed by atoms with Crippen LogP contribution in [0.5, 0.6) is 0 Å². The minimum atomic E-state index is 0.168. The van der Waals surface area contributed by atoms with Gasteiger partial charge < -0.3 is 5.32 Å². The Kier molecular flexibility index (Phi) is 5.18. The number of benzene rings is 1. The average molecular weight is 304 g/mol. The Hall–Kier alpha value is -1.61. The van der Waals surface area contributed by atoms with Crippen LogP contribution in [0, 0.1) is 0 Å². The molecular weight excluding hydrogens is 282 g/mol. The Morgan fingerprint density at radius 1 is 1.10 bits per heavy atom. The van der Waals surface area contributed by atoms with Crippen LogP contribution in [-0.2, 0) is 6.42 Å². The molecule has 0 saturated carbocycles. The van der Waals surface area contributed by atoms with Crippen LogP contribution < -0.4 is 5.32 Å². The van der Waals surface area contributed by atoms with Crippen LogP contribution in [0.3, 0.4) is 0 Å². The molecule has 1 unspecified atom stereocenters. The highest BCUT2D eigenvalue weighted by molar-refractivity contribution is 6.29. The molecule has 0 aliphatic heterocycles. The quantitative estimate of drug-likeness (QED) is 0.791. The third kappa shape index (κ3) is 4.18. The second kappa shape index (κ2) is 6.90. The van der Waals surface area contributed by atoms with Crippen LogP contribution in [-0.4, -0.2) is 9.97 Å². The highest BCUT2D eigenvalue weighted by Crippen LogP contribution is 2.22. The summed E-state index contributed by atoms with van der Waals surface area (Å²) in [5.74, 6) is 1.78. The summed E-state index contributed by atoms with van der Waals surface area (Å²) in [5.41, 5.74) is 2.58. The molecule has 0 spiro atoms. The van der Waals surface area contributed by atoms with Crippen molar-refractivity contribution >= 4 is 17.4 Å². The first kappa shape index (κ1) is 15.8. The van der Waals surface area contributed by atoms with Crippen LogP contribution in [0.4, 0.5) is 5.82 Å². The molecule has 0 saturated heterocycles. The number of rotatable bonds is 5. The summed E-state index contributed by atoms with van der Waals surface area (Å²) in [6, 6.07) is 10.6. The normalized spacial score (nSPS) is 12.5. The molecule has 0 bridgehead atoms. The summed E-state index contributed by atoms with van der Waals surface area (Å²) in [6.45, 7) is 8.39. The fourth-order valence-electron chi connectivity index (χ4n) is 2.11. The number of anilines is 1. The van der Waals surface area contributed by atoms with Gasteiger partial charge in [0.15, 0.2) is 0 Å². The van der Waals surface area contributed by atoms with Crippen molar-refractivity contribution in [1.82, 2.24) is 9.97 Å². The first-order chi connectivity index (χ1) is 9.99. The molecular formula is C17H22ClN3. The second-order valence-electron chi connectivity index (χ2n) is 5.55. The van der Waals surface area contributed by atoms with Gasteiger partial charge >= 0.3 is 0 Å². The summed E-state index contributed by atoms with van der Waals surface area (Å²) < 4.78 is 0. The standard InChI is InChI=1S/C17H22ClN3/c1-5-13-6-8-14(9-7-13)12(4)19-16-10-15(18)20-17(21-16)11(2)3/h6-12H,5H2,1-4H3,(H,19,20,21). The first-order valence-corrected chi connectivity index (χ1v) is 7.77. The summed E-state index contributed by atoms with van der Waals surface area (Å²) in [6.07, 6.45) is 1.06. The average Bonchev–Trinajstić information content (AvgIpc) is 2.46. The maximum Gasteiger partial charge on any atom is 0.135 e. The number of hydrogen-bond acceptors (Lipinski definition) is 3. The lowest BCUT2D eigenvalue weighted by Crippen LogP contribution is -2.10. The van der Waals surface area contributed by atoms with Crippen molar-refractivity contribution in [3.05, 3.63) is 52.4 Å². The monoisotopic (exact) mass is 303 g/mol. The van der Waals surface area contributed by atoms with E-state index in [-0.39, 0.29) is 12.0 Å². The van der Waals surface area contributed by atoms with E-state index in [9.17, 15) is 0 Å². The van der Waals surface area contributed by atoms with Gasteiger partial charge in [0, 0.05) is 18.0 Å². The van der Waals surface area contributed by atoms with E-state index in [1.165, 1.54) is 11.1 Å². The maximum absolute atomic E-state index is 6.07. The van der Waals surface area contributed by atoms with E-state index >= 15 is 0 Å². The Morgan fingerprint density at radius 2 is 1.76 bits per heavy atom. The van der Waals surface area contributed by atoms with Gasteiger partial charge in [-0.2, -0.15) is 0 Å². The molecule has 21 heavy (non-hydrogen) atoms. The van der Waals surface area contributed by atoms with Crippen LogP contribution in [0.2, 0.25) is 5.15 Å². The number of nitrogens with zero attached hydrogens (tertiary/aromatic N) is 2. The van der Waals surface area contributed by atoms with E-state index in [0.29, 0.717) is 5.15 Å². The van der Waals surface area contributed by atoms with Crippen molar-refractivity contribution in [1.29, 1.82) is 0 Å². The largest absolute Gasteiger partial charge is 0.363 e. The minimum Gasteiger partial charge on any atom is -0.363 e. The predicted octanol–water partition coefficient (Wildman–Crippen LogP) is 4.99. The lowest BCUT2D eigenvalue weighted by molar-refractivity contribution is 0.768. The van der Waals surface area contributed by atoms with Crippen molar-refractivity contribution in [2.45, 2.75) is 46.1 Å². The van der Waals surface area contributed by atoms with Crippen molar-refractivity contribution < 1.29 is 0 Å². The smallest absolute Gasteiger partial charge is 0.135 e. The van der Waals surface area contributed by atoms with E-state index < -0.39 is 0 Å². The van der Waals surface area contributed by atoms with Gasteiger partial charge in [-0.1, -0.05) is 56.6 Å².